The zero-order valence-corrected chi connectivity index (χ0v) is 12.0. The molecule has 0 aromatic carbocycles. The quantitative estimate of drug-likeness (QED) is 0.660. The Hall–Kier alpha value is -2.12. The average molecular weight is 283 g/mol. The molecule has 3 N–H and O–H groups in total. The SMILES string of the molecule is CC(C)C(CC(=O)O)NC(=O)NCCc1ncn(C)n1. The van der Waals surface area contributed by atoms with Gasteiger partial charge in [0.05, 0.1) is 6.42 Å². The van der Waals surface area contributed by atoms with Gasteiger partial charge in [0, 0.05) is 26.1 Å². The number of carbonyl (C=O) groups excluding carboxylic acids is 1. The Bertz CT molecular complexity index is 458. The van der Waals surface area contributed by atoms with E-state index in [1.807, 2.05) is 13.8 Å². The van der Waals surface area contributed by atoms with Crippen LogP contribution in [0.1, 0.15) is 26.1 Å². The minimum atomic E-state index is -0.929. The molecule has 0 aliphatic carbocycles. The molecule has 1 aromatic heterocycles. The predicted molar refractivity (Wildman–Crippen MR) is 72.1 cm³/mol. The molecule has 8 nitrogen and oxygen atoms in total. The van der Waals surface area contributed by atoms with E-state index in [2.05, 4.69) is 20.7 Å². The van der Waals surface area contributed by atoms with E-state index in [0.29, 0.717) is 18.8 Å². The number of carboxylic acid groups (broad SMARTS) is 1. The van der Waals surface area contributed by atoms with Crippen molar-refractivity contribution in [1.82, 2.24) is 25.4 Å². The van der Waals surface area contributed by atoms with E-state index in [-0.39, 0.29) is 24.4 Å². The van der Waals surface area contributed by atoms with E-state index < -0.39 is 5.97 Å². The monoisotopic (exact) mass is 283 g/mol. The first-order chi connectivity index (χ1) is 9.38. The summed E-state index contributed by atoms with van der Waals surface area (Å²) in [5.41, 5.74) is 0. The molecule has 1 aromatic rings. The summed E-state index contributed by atoms with van der Waals surface area (Å²) in [6.07, 6.45) is 2.03. The van der Waals surface area contributed by atoms with E-state index in [4.69, 9.17) is 5.11 Å². The summed E-state index contributed by atoms with van der Waals surface area (Å²) in [7, 11) is 1.77. The normalized spacial score (nSPS) is 12.2. The lowest BCUT2D eigenvalue weighted by Crippen LogP contribution is -2.45. The van der Waals surface area contributed by atoms with Gasteiger partial charge in [0.2, 0.25) is 0 Å². The van der Waals surface area contributed by atoms with Gasteiger partial charge >= 0.3 is 12.0 Å². The number of hydrogen-bond acceptors (Lipinski definition) is 4. The summed E-state index contributed by atoms with van der Waals surface area (Å²) in [6, 6.07) is -0.763. The maximum Gasteiger partial charge on any atom is 0.315 e. The molecule has 20 heavy (non-hydrogen) atoms. The molecular formula is C12H21N5O3. The van der Waals surface area contributed by atoms with Crippen LogP contribution in [0.5, 0.6) is 0 Å². The Labute approximate surface area is 117 Å². The molecule has 0 saturated heterocycles. The van der Waals surface area contributed by atoms with Crippen molar-refractivity contribution in [1.29, 1.82) is 0 Å². The van der Waals surface area contributed by atoms with Gasteiger partial charge in [0.15, 0.2) is 5.82 Å². The lowest BCUT2D eigenvalue weighted by atomic mass is 10.0. The van der Waals surface area contributed by atoms with Gasteiger partial charge in [0.1, 0.15) is 6.33 Å². The summed E-state index contributed by atoms with van der Waals surface area (Å²) >= 11 is 0. The Balaban J connectivity index is 2.32. The van der Waals surface area contributed by atoms with Crippen LogP contribution in [0.25, 0.3) is 0 Å². The summed E-state index contributed by atoms with van der Waals surface area (Å²) in [5.74, 6) is -0.227. The molecular weight excluding hydrogens is 262 g/mol. The van der Waals surface area contributed by atoms with E-state index in [9.17, 15) is 9.59 Å². The minimum absolute atomic E-state index is 0.0503. The van der Waals surface area contributed by atoms with E-state index in [1.54, 1.807) is 18.1 Å². The first-order valence-electron chi connectivity index (χ1n) is 6.49. The van der Waals surface area contributed by atoms with E-state index in [0.717, 1.165) is 0 Å². The summed E-state index contributed by atoms with van der Waals surface area (Å²) in [6.45, 7) is 4.13. The maximum absolute atomic E-state index is 11.7. The van der Waals surface area contributed by atoms with Crippen molar-refractivity contribution in [3.63, 3.8) is 0 Å². The molecule has 0 radical (unpaired) electrons. The van der Waals surface area contributed by atoms with Crippen LogP contribution in [-0.4, -0.2) is 44.5 Å². The largest absolute Gasteiger partial charge is 0.481 e. The highest BCUT2D eigenvalue weighted by Crippen LogP contribution is 2.05. The Morgan fingerprint density at radius 2 is 2.15 bits per heavy atom. The van der Waals surface area contributed by atoms with Crippen molar-refractivity contribution in [2.75, 3.05) is 6.54 Å². The molecule has 8 heteroatoms. The molecule has 112 valence electrons. The fraction of sp³-hybridized carbons (Fsp3) is 0.667. The van der Waals surface area contributed by atoms with Gasteiger partial charge in [-0.15, -0.1) is 0 Å². The third kappa shape index (κ3) is 5.68. The van der Waals surface area contributed by atoms with Crippen molar-refractivity contribution in [3.05, 3.63) is 12.2 Å². The second-order valence-corrected chi connectivity index (χ2v) is 4.93. The number of aliphatic carboxylic acids is 1. The molecule has 0 fully saturated rings. The van der Waals surface area contributed by atoms with Crippen molar-refractivity contribution < 1.29 is 14.7 Å². The first-order valence-corrected chi connectivity index (χ1v) is 6.49. The summed E-state index contributed by atoms with van der Waals surface area (Å²) in [4.78, 5) is 26.4. The van der Waals surface area contributed by atoms with Crippen LogP contribution in [0, 0.1) is 5.92 Å². The number of rotatable bonds is 7. The van der Waals surface area contributed by atoms with Gasteiger partial charge in [-0.1, -0.05) is 13.8 Å². The number of hydrogen-bond donors (Lipinski definition) is 3. The van der Waals surface area contributed by atoms with Gasteiger partial charge in [-0.3, -0.25) is 9.48 Å². The Morgan fingerprint density at radius 1 is 1.45 bits per heavy atom. The molecule has 0 aliphatic heterocycles. The van der Waals surface area contributed by atoms with E-state index >= 15 is 0 Å². The fourth-order valence-corrected chi connectivity index (χ4v) is 1.65. The van der Waals surface area contributed by atoms with Crippen LogP contribution in [0.15, 0.2) is 6.33 Å². The highest BCUT2D eigenvalue weighted by molar-refractivity contribution is 5.75. The van der Waals surface area contributed by atoms with Crippen LogP contribution >= 0.6 is 0 Å². The zero-order valence-electron chi connectivity index (χ0n) is 12.0. The lowest BCUT2D eigenvalue weighted by molar-refractivity contribution is -0.137. The zero-order chi connectivity index (χ0) is 15.1. The summed E-state index contributed by atoms with van der Waals surface area (Å²) in [5, 5.41) is 18.2. The number of amides is 2. The van der Waals surface area contributed by atoms with Gasteiger partial charge in [-0.05, 0) is 5.92 Å². The number of aromatic nitrogens is 3. The number of carboxylic acids is 1. The molecule has 0 bridgehead atoms. The van der Waals surface area contributed by atoms with Gasteiger partial charge in [-0.25, -0.2) is 9.78 Å². The Kier molecular flexibility index (Phi) is 5.95. The highest BCUT2D eigenvalue weighted by Gasteiger charge is 2.19. The molecule has 0 aliphatic rings. The van der Waals surface area contributed by atoms with Crippen LogP contribution in [0.2, 0.25) is 0 Å². The fourth-order valence-electron chi connectivity index (χ4n) is 1.65. The number of nitrogens with zero attached hydrogens (tertiary/aromatic N) is 3. The van der Waals surface area contributed by atoms with Crippen LogP contribution in [0.3, 0.4) is 0 Å². The Morgan fingerprint density at radius 3 is 2.65 bits per heavy atom. The van der Waals surface area contributed by atoms with Gasteiger partial charge < -0.3 is 15.7 Å². The molecule has 1 unspecified atom stereocenters. The second kappa shape index (κ2) is 7.46. The predicted octanol–water partition coefficient (Wildman–Crippen LogP) is 0.156. The molecule has 0 saturated carbocycles. The third-order valence-corrected chi connectivity index (χ3v) is 2.80. The molecule has 1 atom stereocenters. The van der Waals surface area contributed by atoms with Crippen LogP contribution in [-0.2, 0) is 18.3 Å². The molecule has 1 rings (SSSR count). The van der Waals surface area contributed by atoms with Crippen molar-refractivity contribution in [2.24, 2.45) is 13.0 Å². The number of aryl methyl sites for hydroxylation is 1. The molecule has 0 spiro atoms. The number of carbonyl (C=O) groups is 2. The average Bonchev–Trinajstić information content (AvgIpc) is 2.73. The first kappa shape index (κ1) is 15.9. The van der Waals surface area contributed by atoms with Gasteiger partial charge in [0.25, 0.3) is 0 Å². The molecule has 1 heterocycles. The minimum Gasteiger partial charge on any atom is -0.481 e. The standard InChI is InChI=1S/C12H21N5O3/c1-8(2)9(6-11(18)19)15-12(20)13-5-4-10-14-7-17(3)16-10/h7-9H,4-6H2,1-3H3,(H,18,19)(H2,13,15,20). The van der Waals surface area contributed by atoms with Crippen molar-refractivity contribution in [2.45, 2.75) is 32.7 Å². The van der Waals surface area contributed by atoms with Crippen LogP contribution in [0.4, 0.5) is 4.79 Å². The third-order valence-electron chi connectivity index (χ3n) is 2.80. The summed E-state index contributed by atoms with van der Waals surface area (Å²) < 4.78 is 1.59. The smallest absolute Gasteiger partial charge is 0.315 e. The second-order valence-electron chi connectivity index (χ2n) is 4.93. The number of urea groups is 1. The maximum atomic E-state index is 11.7. The van der Waals surface area contributed by atoms with E-state index in [1.165, 1.54) is 0 Å². The van der Waals surface area contributed by atoms with Crippen LogP contribution < -0.4 is 10.6 Å². The molecule has 2 amide bonds. The highest BCUT2D eigenvalue weighted by atomic mass is 16.4. The van der Waals surface area contributed by atoms with Gasteiger partial charge in [-0.2, -0.15) is 5.10 Å². The van der Waals surface area contributed by atoms with Crippen molar-refractivity contribution in [3.8, 4) is 0 Å². The lowest BCUT2D eigenvalue weighted by Gasteiger charge is -2.20. The van der Waals surface area contributed by atoms with Crippen molar-refractivity contribution >= 4 is 12.0 Å². The number of nitrogens with one attached hydrogen (secondary N) is 2. The topological polar surface area (TPSA) is 109 Å².